The molecule has 0 unspecified atom stereocenters. The average Bonchev–Trinajstić information content (AvgIpc) is 2.17. The molecule has 1 aromatic rings. The predicted molar refractivity (Wildman–Crippen MR) is 62.2 cm³/mol. The van der Waals surface area contributed by atoms with Crippen molar-refractivity contribution in [2.45, 2.75) is 33.3 Å². The van der Waals surface area contributed by atoms with Gasteiger partial charge in [-0.15, -0.1) is 0 Å². The standard InChI is InChI=1S/C11H16BNO2.U/c1-8(2)11(3,4)15-12-9-5-6-10(14)13-7-9;/h5-7H,1-4H3,(H,13,14);/q-1;. The molecule has 0 atom stereocenters. The van der Waals surface area contributed by atoms with Crippen molar-refractivity contribution in [2.75, 3.05) is 0 Å². The van der Waals surface area contributed by atoms with Gasteiger partial charge in [-0.25, -0.2) is 0 Å². The van der Waals surface area contributed by atoms with Crippen LogP contribution in [0.4, 0.5) is 0 Å². The molecule has 0 amide bonds. The van der Waals surface area contributed by atoms with Crippen LogP contribution in [0.15, 0.2) is 23.1 Å². The van der Waals surface area contributed by atoms with E-state index in [2.05, 4.69) is 4.98 Å². The molecular weight excluding hydrogens is 427 g/mol. The van der Waals surface area contributed by atoms with Crippen molar-refractivity contribution in [3.63, 3.8) is 0 Å². The molecule has 0 aliphatic heterocycles. The van der Waals surface area contributed by atoms with Gasteiger partial charge in [0.25, 0.3) is 0 Å². The summed E-state index contributed by atoms with van der Waals surface area (Å²) >= 11 is 0. The van der Waals surface area contributed by atoms with Crippen molar-refractivity contribution in [2.24, 2.45) is 0 Å². The number of nitrogens with one attached hydrogen (secondary N) is 1. The van der Waals surface area contributed by atoms with Gasteiger partial charge in [0, 0.05) is 43.4 Å². The van der Waals surface area contributed by atoms with Crippen molar-refractivity contribution in [3.05, 3.63) is 34.6 Å². The third-order valence-corrected chi connectivity index (χ3v) is 2.50. The Morgan fingerprint density at radius 1 is 1.38 bits per heavy atom. The molecule has 0 aromatic carbocycles. The number of pyridine rings is 1. The zero-order valence-electron chi connectivity index (χ0n) is 10.1. The number of aromatic nitrogens is 1. The predicted octanol–water partition coefficient (Wildman–Crippen LogP) is 1.03. The second-order valence-corrected chi connectivity index (χ2v) is 4.23. The summed E-state index contributed by atoms with van der Waals surface area (Å²) in [5.41, 5.74) is 0.462. The van der Waals surface area contributed by atoms with Gasteiger partial charge in [-0.3, -0.25) is 10.7 Å². The maximum atomic E-state index is 10.8. The maximum Gasteiger partial charge on any atom is 0.329 e. The van der Waals surface area contributed by atoms with Crippen LogP contribution in [0.2, 0.25) is 0 Å². The molecule has 0 bridgehead atoms. The third-order valence-electron chi connectivity index (χ3n) is 2.50. The first-order chi connectivity index (χ1) is 6.92. The van der Waals surface area contributed by atoms with Gasteiger partial charge in [0.2, 0.25) is 5.56 Å². The van der Waals surface area contributed by atoms with E-state index < -0.39 is 0 Å². The Kier molecular flexibility index (Phi) is 6.70. The van der Waals surface area contributed by atoms with Gasteiger partial charge in [0.05, 0.1) is 0 Å². The van der Waals surface area contributed by atoms with Crippen LogP contribution in [0.1, 0.15) is 27.7 Å². The van der Waals surface area contributed by atoms with Crippen LogP contribution < -0.4 is 11.0 Å². The van der Waals surface area contributed by atoms with Crippen molar-refractivity contribution in [3.8, 4) is 0 Å². The summed E-state index contributed by atoms with van der Waals surface area (Å²) < 4.78 is 5.63. The van der Waals surface area contributed by atoms with Crippen LogP contribution >= 0.6 is 0 Å². The van der Waals surface area contributed by atoms with Crippen molar-refractivity contribution >= 4 is 12.9 Å². The molecule has 1 aromatic heterocycles. The van der Waals surface area contributed by atoms with Crippen LogP contribution in [-0.2, 0) is 4.65 Å². The molecule has 1 N–H and O–H groups in total. The summed E-state index contributed by atoms with van der Waals surface area (Å²) in [5, 5.41) is 0. The number of aromatic amines is 1. The van der Waals surface area contributed by atoms with Crippen LogP contribution in [-0.4, -0.2) is 18.1 Å². The summed E-state index contributed by atoms with van der Waals surface area (Å²) in [5.74, 6) is 1.20. The van der Waals surface area contributed by atoms with E-state index in [1.165, 1.54) is 12.0 Å². The Labute approximate surface area is 121 Å². The van der Waals surface area contributed by atoms with E-state index in [1.54, 1.807) is 19.7 Å². The molecule has 0 saturated heterocycles. The number of H-pyrrole nitrogens is 1. The zero-order chi connectivity index (χ0) is 11.5. The van der Waals surface area contributed by atoms with Crippen LogP contribution in [0.25, 0.3) is 0 Å². The summed E-state index contributed by atoms with van der Waals surface area (Å²) in [6.45, 7) is 8.07. The molecule has 1 radical (unpaired) electrons. The number of hydrogen-bond acceptors (Lipinski definition) is 2. The number of hydrogen-bond donors (Lipinski definition) is 1. The molecule has 85 valence electrons. The first kappa shape index (κ1) is 16.0. The SMILES string of the molecule is C[C-](C)C(C)(C)O[B]c1ccc(=O)[nH]c1.[U]. The zero-order valence-corrected chi connectivity index (χ0v) is 14.3. The van der Waals surface area contributed by atoms with E-state index in [1.807, 2.05) is 27.7 Å². The fourth-order valence-electron chi connectivity index (χ4n) is 0.829. The molecule has 1 heterocycles. The average molecular weight is 443 g/mol. The first-order valence-corrected chi connectivity index (χ1v) is 4.92. The van der Waals surface area contributed by atoms with Gasteiger partial charge in [-0.05, 0) is 5.46 Å². The van der Waals surface area contributed by atoms with E-state index >= 15 is 0 Å². The van der Waals surface area contributed by atoms with Crippen molar-refractivity contribution < 1.29 is 35.8 Å². The second kappa shape index (κ2) is 6.69. The Bertz CT molecular complexity index is 356. The quantitative estimate of drug-likeness (QED) is 0.559. The van der Waals surface area contributed by atoms with E-state index in [-0.39, 0.29) is 42.3 Å². The van der Waals surface area contributed by atoms with Crippen LogP contribution in [0.3, 0.4) is 0 Å². The first-order valence-electron chi connectivity index (χ1n) is 4.92. The van der Waals surface area contributed by atoms with Crippen LogP contribution in [0.5, 0.6) is 0 Å². The second-order valence-electron chi connectivity index (χ2n) is 4.23. The smallest absolute Gasteiger partial charge is 0.329 e. The topological polar surface area (TPSA) is 42.1 Å². The normalized spacial score (nSPS) is 11.1. The Morgan fingerprint density at radius 3 is 2.44 bits per heavy atom. The monoisotopic (exact) mass is 443 g/mol. The molecule has 0 fully saturated rings. The minimum absolute atomic E-state index is 0. The molecule has 0 aliphatic carbocycles. The van der Waals surface area contributed by atoms with E-state index in [0.717, 1.165) is 5.46 Å². The molecule has 3 nitrogen and oxygen atoms in total. The minimum atomic E-state index is -0.282. The molecule has 0 saturated carbocycles. The van der Waals surface area contributed by atoms with E-state index in [9.17, 15) is 4.79 Å². The summed E-state index contributed by atoms with van der Waals surface area (Å²) in [6.07, 6.45) is 1.63. The van der Waals surface area contributed by atoms with Gasteiger partial charge >= 0.3 is 7.48 Å². The van der Waals surface area contributed by atoms with Gasteiger partial charge in [-0.1, -0.05) is 25.5 Å². The molecule has 16 heavy (non-hydrogen) atoms. The maximum absolute atomic E-state index is 10.8. The van der Waals surface area contributed by atoms with E-state index in [4.69, 9.17) is 4.65 Å². The van der Waals surface area contributed by atoms with Gasteiger partial charge < -0.3 is 9.64 Å². The van der Waals surface area contributed by atoms with Crippen molar-refractivity contribution in [1.82, 2.24) is 4.98 Å². The fraction of sp³-hybridized carbons (Fsp3) is 0.455. The Balaban J connectivity index is 0.00000225. The minimum Gasteiger partial charge on any atom is -0.460 e. The molecule has 0 spiro atoms. The fourth-order valence-corrected chi connectivity index (χ4v) is 0.829. The summed E-state index contributed by atoms with van der Waals surface area (Å²) in [7, 11) is 1.66. The van der Waals surface area contributed by atoms with Crippen molar-refractivity contribution in [1.29, 1.82) is 0 Å². The molecule has 1 rings (SSSR count). The molecular formula is C11H16BNO2U-. The Morgan fingerprint density at radius 2 is 2.00 bits per heavy atom. The largest absolute Gasteiger partial charge is 0.460 e. The molecule has 0 aliphatic rings. The summed E-state index contributed by atoms with van der Waals surface area (Å²) in [4.78, 5) is 13.4. The summed E-state index contributed by atoms with van der Waals surface area (Å²) in [6, 6.07) is 3.20. The molecule has 5 heteroatoms. The number of rotatable bonds is 4. The van der Waals surface area contributed by atoms with Crippen LogP contribution in [0, 0.1) is 37.0 Å². The van der Waals surface area contributed by atoms with Gasteiger partial charge in [0.1, 0.15) is 0 Å². The van der Waals surface area contributed by atoms with Gasteiger partial charge in [-0.2, -0.15) is 13.8 Å². The van der Waals surface area contributed by atoms with Gasteiger partial charge in [0.15, 0.2) is 0 Å². The third kappa shape index (κ3) is 4.91. The Hall–Kier alpha value is 0.0269. The van der Waals surface area contributed by atoms with E-state index in [0.29, 0.717) is 0 Å².